The third-order valence-electron chi connectivity index (χ3n) is 3.57. The summed E-state index contributed by atoms with van der Waals surface area (Å²) in [7, 11) is 1.57. The third-order valence-corrected chi connectivity index (χ3v) is 3.57. The lowest BCUT2D eigenvalue weighted by Gasteiger charge is -2.34. The molecule has 0 aliphatic carbocycles. The first-order valence-corrected chi connectivity index (χ1v) is 6.60. The van der Waals surface area contributed by atoms with Gasteiger partial charge in [-0.05, 0) is 31.9 Å². The average Bonchev–Trinajstić information content (AvgIpc) is 2.46. The van der Waals surface area contributed by atoms with E-state index in [1.165, 1.54) is 0 Å². The van der Waals surface area contributed by atoms with Crippen LogP contribution < -0.4 is 10.2 Å². The number of hydrogen-bond acceptors (Lipinski definition) is 5. The van der Waals surface area contributed by atoms with Crippen LogP contribution in [0.5, 0.6) is 0 Å². The molecule has 104 valence electrons. The largest absolute Gasteiger partial charge is 0.393 e. The topological polar surface area (TPSA) is 78.4 Å². The number of nitrogens with zero attached hydrogens (tertiary/aromatic N) is 3. The van der Waals surface area contributed by atoms with Gasteiger partial charge in [-0.3, -0.25) is 4.79 Å². The van der Waals surface area contributed by atoms with E-state index in [0.717, 1.165) is 31.7 Å². The van der Waals surface area contributed by atoms with E-state index in [2.05, 4.69) is 20.4 Å². The van der Waals surface area contributed by atoms with E-state index in [9.17, 15) is 9.90 Å². The number of amides is 1. The van der Waals surface area contributed by atoms with E-state index < -0.39 is 0 Å². The number of piperidine rings is 1. The SMILES string of the molecule is CNC(=O)c1ccc(N2CCCC(C(C)O)C2)nn1. The van der Waals surface area contributed by atoms with Gasteiger partial charge in [-0.1, -0.05) is 0 Å². The van der Waals surface area contributed by atoms with Crippen LogP contribution in [0.4, 0.5) is 5.82 Å². The molecule has 0 aromatic carbocycles. The Morgan fingerprint density at radius 3 is 2.89 bits per heavy atom. The first-order valence-electron chi connectivity index (χ1n) is 6.60. The standard InChI is InChI=1S/C13H20N4O2/c1-9(18)10-4-3-7-17(8-10)12-6-5-11(15-16-12)13(19)14-2/h5-6,9-10,18H,3-4,7-8H2,1-2H3,(H,14,19). The van der Waals surface area contributed by atoms with E-state index in [-0.39, 0.29) is 17.9 Å². The second-order valence-electron chi connectivity index (χ2n) is 4.94. The van der Waals surface area contributed by atoms with Crippen molar-refractivity contribution in [2.24, 2.45) is 5.92 Å². The van der Waals surface area contributed by atoms with Gasteiger partial charge in [0.05, 0.1) is 6.10 Å². The summed E-state index contributed by atoms with van der Waals surface area (Å²) in [6, 6.07) is 3.48. The van der Waals surface area contributed by atoms with Crippen molar-refractivity contribution in [3.05, 3.63) is 17.8 Å². The van der Waals surface area contributed by atoms with Crippen molar-refractivity contribution in [2.75, 3.05) is 25.0 Å². The molecule has 19 heavy (non-hydrogen) atoms. The van der Waals surface area contributed by atoms with E-state index in [1.54, 1.807) is 13.1 Å². The Labute approximate surface area is 112 Å². The van der Waals surface area contributed by atoms with Gasteiger partial charge >= 0.3 is 0 Å². The predicted octanol–water partition coefficient (Wildman–Crippen LogP) is 0.433. The molecule has 6 heteroatoms. The number of nitrogens with one attached hydrogen (secondary N) is 1. The Hall–Kier alpha value is -1.69. The zero-order valence-electron chi connectivity index (χ0n) is 11.3. The fraction of sp³-hybridized carbons (Fsp3) is 0.615. The number of carbonyl (C=O) groups is 1. The summed E-state index contributed by atoms with van der Waals surface area (Å²) < 4.78 is 0. The minimum atomic E-state index is -0.305. The van der Waals surface area contributed by atoms with Crippen LogP contribution >= 0.6 is 0 Å². The summed E-state index contributed by atoms with van der Waals surface area (Å²) in [5.41, 5.74) is 0.315. The molecule has 2 unspecified atom stereocenters. The van der Waals surface area contributed by atoms with Gasteiger partial charge in [0.25, 0.3) is 5.91 Å². The lowest BCUT2D eigenvalue weighted by Crippen LogP contribution is -2.40. The summed E-state index contributed by atoms with van der Waals surface area (Å²) in [6.07, 6.45) is 1.77. The summed E-state index contributed by atoms with van der Waals surface area (Å²) >= 11 is 0. The van der Waals surface area contributed by atoms with Gasteiger partial charge in [0.1, 0.15) is 0 Å². The summed E-state index contributed by atoms with van der Waals surface area (Å²) in [4.78, 5) is 13.5. The number of aliphatic hydroxyl groups is 1. The van der Waals surface area contributed by atoms with Crippen LogP contribution in [0.2, 0.25) is 0 Å². The molecule has 0 radical (unpaired) electrons. The Balaban J connectivity index is 2.07. The number of aliphatic hydroxyl groups excluding tert-OH is 1. The summed E-state index contributed by atoms with van der Waals surface area (Å²) in [6.45, 7) is 3.53. The zero-order valence-corrected chi connectivity index (χ0v) is 11.3. The van der Waals surface area contributed by atoms with Gasteiger partial charge in [-0.15, -0.1) is 10.2 Å². The third kappa shape index (κ3) is 3.20. The van der Waals surface area contributed by atoms with Crippen molar-refractivity contribution in [2.45, 2.75) is 25.9 Å². The fourth-order valence-corrected chi connectivity index (χ4v) is 2.35. The molecule has 0 spiro atoms. The van der Waals surface area contributed by atoms with Gasteiger partial charge in [0.2, 0.25) is 0 Å². The maximum absolute atomic E-state index is 11.4. The Kier molecular flexibility index (Phi) is 4.31. The molecule has 2 heterocycles. The van der Waals surface area contributed by atoms with E-state index in [0.29, 0.717) is 5.69 Å². The highest BCUT2D eigenvalue weighted by Gasteiger charge is 2.24. The normalized spacial score (nSPS) is 21.0. The molecule has 2 rings (SSSR count). The molecule has 0 saturated carbocycles. The molecule has 1 amide bonds. The van der Waals surface area contributed by atoms with Gasteiger partial charge in [-0.25, -0.2) is 0 Å². The highest BCUT2D eigenvalue weighted by molar-refractivity contribution is 5.91. The number of anilines is 1. The van der Waals surface area contributed by atoms with Crippen molar-refractivity contribution >= 4 is 11.7 Å². The lowest BCUT2D eigenvalue weighted by molar-refractivity contribution is 0.0957. The Bertz CT molecular complexity index is 433. The lowest BCUT2D eigenvalue weighted by atomic mass is 9.93. The fourth-order valence-electron chi connectivity index (χ4n) is 2.35. The highest BCUT2D eigenvalue weighted by atomic mass is 16.3. The Morgan fingerprint density at radius 2 is 2.32 bits per heavy atom. The van der Waals surface area contributed by atoms with Crippen LogP contribution in [0, 0.1) is 5.92 Å². The minimum absolute atomic E-state index is 0.237. The van der Waals surface area contributed by atoms with E-state index >= 15 is 0 Å². The molecular weight excluding hydrogens is 244 g/mol. The predicted molar refractivity (Wildman–Crippen MR) is 72.0 cm³/mol. The van der Waals surface area contributed by atoms with Crippen LogP contribution in [0.25, 0.3) is 0 Å². The Morgan fingerprint density at radius 1 is 1.53 bits per heavy atom. The molecule has 1 fully saturated rings. The minimum Gasteiger partial charge on any atom is -0.393 e. The average molecular weight is 264 g/mol. The maximum atomic E-state index is 11.4. The molecular formula is C13H20N4O2. The smallest absolute Gasteiger partial charge is 0.271 e. The second-order valence-corrected chi connectivity index (χ2v) is 4.94. The van der Waals surface area contributed by atoms with Crippen LogP contribution in [-0.2, 0) is 0 Å². The monoisotopic (exact) mass is 264 g/mol. The van der Waals surface area contributed by atoms with Crippen LogP contribution in [-0.4, -0.2) is 47.5 Å². The first kappa shape index (κ1) is 13.7. The molecule has 1 aromatic rings. The molecule has 1 aliphatic rings. The van der Waals surface area contributed by atoms with E-state index in [4.69, 9.17) is 0 Å². The molecule has 1 saturated heterocycles. The van der Waals surface area contributed by atoms with Gasteiger partial charge in [-0.2, -0.15) is 0 Å². The first-order chi connectivity index (χ1) is 9.11. The zero-order chi connectivity index (χ0) is 13.8. The number of carbonyl (C=O) groups excluding carboxylic acids is 1. The van der Waals surface area contributed by atoms with Crippen molar-refractivity contribution in [3.63, 3.8) is 0 Å². The summed E-state index contributed by atoms with van der Waals surface area (Å²) in [5, 5.41) is 20.2. The van der Waals surface area contributed by atoms with Gasteiger partial charge < -0.3 is 15.3 Å². The summed E-state index contributed by atoms with van der Waals surface area (Å²) in [5.74, 6) is 0.798. The van der Waals surface area contributed by atoms with Crippen molar-refractivity contribution < 1.29 is 9.90 Å². The molecule has 0 bridgehead atoms. The van der Waals surface area contributed by atoms with Crippen molar-refractivity contribution in [1.29, 1.82) is 0 Å². The van der Waals surface area contributed by atoms with Crippen LogP contribution in [0.15, 0.2) is 12.1 Å². The second kappa shape index (κ2) is 5.97. The van der Waals surface area contributed by atoms with E-state index in [1.807, 2.05) is 13.0 Å². The molecule has 2 atom stereocenters. The van der Waals surface area contributed by atoms with Gasteiger partial charge in [0.15, 0.2) is 11.5 Å². The molecule has 2 N–H and O–H groups in total. The number of aromatic nitrogens is 2. The number of rotatable bonds is 3. The highest BCUT2D eigenvalue weighted by Crippen LogP contribution is 2.23. The van der Waals surface area contributed by atoms with Crippen molar-refractivity contribution in [1.82, 2.24) is 15.5 Å². The van der Waals surface area contributed by atoms with Crippen LogP contribution in [0.3, 0.4) is 0 Å². The molecule has 6 nitrogen and oxygen atoms in total. The number of hydrogen-bond donors (Lipinski definition) is 2. The van der Waals surface area contributed by atoms with Gasteiger partial charge in [0, 0.05) is 26.1 Å². The quantitative estimate of drug-likeness (QED) is 0.828. The van der Waals surface area contributed by atoms with Crippen molar-refractivity contribution in [3.8, 4) is 0 Å². The van der Waals surface area contributed by atoms with Crippen LogP contribution in [0.1, 0.15) is 30.3 Å². The molecule has 1 aromatic heterocycles. The maximum Gasteiger partial charge on any atom is 0.271 e. The molecule has 1 aliphatic heterocycles.